The average molecular weight is 424 g/mol. The molecule has 1 aliphatic carbocycles. The summed E-state index contributed by atoms with van der Waals surface area (Å²) < 4.78 is 13.1. The fourth-order valence-electron chi connectivity index (χ4n) is 2.49. The number of nitrogens with one attached hydrogen (secondary N) is 1. The molecule has 0 spiro atoms. The van der Waals surface area contributed by atoms with Crippen LogP contribution in [0.25, 0.3) is 0 Å². The summed E-state index contributed by atoms with van der Waals surface area (Å²) in [5, 5.41) is 3.06. The zero-order valence-corrected chi connectivity index (χ0v) is 16.4. The molecule has 0 aromatic heterocycles. The molecule has 1 fully saturated rings. The van der Waals surface area contributed by atoms with Crippen LogP contribution in [0.1, 0.15) is 32.6 Å². The summed E-state index contributed by atoms with van der Waals surface area (Å²) >= 11 is 3.36. The molecule has 1 aromatic rings. The molecule has 7 heteroatoms. The summed E-state index contributed by atoms with van der Waals surface area (Å²) in [5.41, 5.74) is 5.52. The van der Waals surface area contributed by atoms with Crippen molar-refractivity contribution >= 4 is 45.0 Å². The van der Waals surface area contributed by atoms with Gasteiger partial charge in [0.1, 0.15) is 0 Å². The van der Waals surface area contributed by atoms with Crippen molar-refractivity contribution in [3.63, 3.8) is 0 Å². The monoisotopic (exact) mass is 422 g/mol. The maximum absolute atomic E-state index is 12.1. The maximum Gasteiger partial charge on any atom is 0.220 e. The van der Waals surface area contributed by atoms with Gasteiger partial charge in [-0.2, -0.15) is 0 Å². The molecule has 2 rings (SSSR count). The van der Waals surface area contributed by atoms with Crippen molar-refractivity contribution in [2.75, 3.05) is 12.3 Å². The minimum Gasteiger partial charge on any atom is -0.349 e. The van der Waals surface area contributed by atoms with Crippen LogP contribution < -0.4 is 11.1 Å². The van der Waals surface area contributed by atoms with Crippen molar-refractivity contribution in [1.29, 1.82) is 0 Å². The summed E-state index contributed by atoms with van der Waals surface area (Å²) in [6.45, 7) is 2.48. The van der Waals surface area contributed by atoms with Gasteiger partial charge in [0.05, 0.1) is 16.3 Å². The van der Waals surface area contributed by atoms with Crippen LogP contribution in [0.2, 0.25) is 0 Å². The molecule has 0 radical (unpaired) electrons. The van der Waals surface area contributed by atoms with Gasteiger partial charge in [-0.05, 0) is 56.4 Å². The van der Waals surface area contributed by atoms with Crippen LogP contribution >= 0.6 is 28.3 Å². The molecule has 2 unspecified atom stereocenters. The third-order valence-electron chi connectivity index (χ3n) is 4.14. The number of benzene rings is 1. The van der Waals surface area contributed by atoms with E-state index in [-0.39, 0.29) is 23.9 Å². The molecule has 23 heavy (non-hydrogen) atoms. The van der Waals surface area contributed by atoms with E-state index in [4.69, 9.17) is 5.73 Å². The molecule has 4 nitrogen and oxygen atoms in total. The van der Waals surface area contributed by atoms with Gasteiger partial charge in [0.15, 0.2) is 0 Å². The Labute approximate surface area is 155 Å². The fraction of sp³-hybridized carbons (Fsp3) is 0.562. The predicted octanol–water partition coefficient (Wildman–Crippen LogP) is 3.00. The number of halogens is 2. The van der Waals surface area contributed by atoms with E-state index in [9.17, 15) is 9.00 Å². The zero-order chi connectivity index (χ0) is 16.2. The average Bonchev–Trinajstić information content (AvgIpc) is 3.32. The maximum atomic E-state index is 12.1. The lowest BCUT2D eigenvalue weighted by atomic mass is 9.95. The lowest BCUT2D eigenvalue weighted by Gasteiger charge is -2.29. The second kappa shape index (κ2) is 9.16. The topological polar surface area (TPSA) is 72.2 Å². The number of nitrogens with two attached hydrogens (primary N) is 1. The van der Waals surface area contributed by atoms with Crippen LogP contribution in [-0.4, -0.2) is 28.0 Å². The predicted molar refractivity (Wildman–Crippen MR) is 100 cm³/mol. The molecule has 1 aliphatic rings. The molecule has 0 aliphatic heterocycles. The molecule has 1 aromatic carbocycles. The van der Waals surface area contributed by atoms with E-state index in [1.165, 1.54) is 0 Å². The van der Waals surface area contributed by atoms with Gasteiger partial charge in [0.2, 0.25) is 5.91 Å². The Morgan fingerprint density at radius 2 is 2.00 bits per heavy atom. The molecular formula is C16H24BrClN2O2S. The van der Waals surface area contributed by atoms with Crippen molar-refractivity contribution in [3.05, 3.63) is 28.7 Å². The van der Waals surface area contributed by atoms with Crippen LogP contribution in [-0.2, 0) is 15.6 Å². The van der Waals surface area contributed by atoms with Crippen LogP contribution in [0.3, 0.4) is 0 Å². The van der Waals surface area contributed by atoms with E-state index in [2.05, 4.69) is 21.2 Å². The summed E-state index contributed by atoms with van der Waals surface area (Å²) in [6, 6.07) is 7.45. The first-order valence-corrected chi connectivity index (χ1v) is 9.71. The van der Waals surface area contributed by atoms with Crippen molar-refractivity contribution in [2.45, 2.75) is 43.0 Å². The van der Waals surface area contributed by atoms with Crippen LogP contribution in [0.5, 0.6) is 0 Å². The highest BCUT2D eigenvalue weighted by atomic mass is 79.9. The first-order chi connectivity index (χ1) is 10.4. The third kappa shape index (κ3) is 6.18. The Hall–Kier alpha value is -0.430. The Bertz CT molecular complexity index is 552. The molecule has 1 amide bonds. The number of carbonyl (C=O) groups is 1. The van der Waals surface area contributed by atoms with E-state index < -0.39 is 10.8 Å². The van der Waals surface area contributed by atoms with Gasteiger partial charge in [-0.25, -0.2) is 0 Å². The van der Waals surface area contributed by atoms with Gasteiger partial charge in [0, 0.05) is 28.1 Å². The first kappa shape index (κ1) is 20.6. The van der Waals surface area contributed by atoms with Gasteiger partial charge < -0.3 is 11.1 Å². The highest BCUT2D eigenvalue weighted by molar-refractivity contribution is 9.10. The molecule has 0 heterocycles. The van der Waals surface area contributed by atoms with E-state index in [1.807, 2.05) is 31.2 Å². The smallest absolute Gasteiger partial charge is 0.220 e. The molecule has 3 N–H and O–H groups in total. The quantitative estimate of drug-likeness (QED) is 0.675. The van der Waals surface area contributed by atoms with E-state index in [0.29, 0.717) is 31.1 Å². The Balaban J connectivity index is 0.00000264. The lowest BCUT2D eigenvalue weighted by Crippen LogP contribution is -2.53. The van der Waals surface area contributed by atoms with Crippen LogP contribution in [0.4, 0.5) is 0 Å². The number of rotatable bonds is 8. The summed E-state index contributed by atoms with van der Waals surface area (Å²) in [7, 11) is -1.05. The van der Waals surface area contributed by atoms with Crippen molar-refractivity contribution < 1.29 is 9.00 Å². The highest BCUT2D eigenvalue weighted by Crippen LogP contribution is 2.39. The van der Waals surface area contributed by atoms with Crippen LogP contribution in [0, 0.1) is 5.92 Å². The molecule has 1 saturated carbocycles. The molecule has 2 atom stereocenters. The molecular weight excluding hydrogens is 400 g/mol. The molecule has 0 saturated heterocycles. The second-order valence-electron chi connectivity index (χ2n) is 6.05. The normalized spacial score (nSPS) is 17.7. The third-order valence-corrected chi connectivity index (χ3v) is 6.12. The van der Waals surface area contributed by atoms with E-state index in [1.54, 1.807) is 0 Å². The number of hydrogen-bond donors (Lipinski definition) is 2. The standard InChI is InChI=1S/C16H23BrN2O2S.ClH/c1-16(11-18,12-4-5-12)19-15(20)3-2-10-22(21)14-8-6-13(17)7-9-14;/h6-9,12H,2-5,10-11,18H2,1H3,(H,19,20);1H. The van der Waals surface area contributed by atoms with Crippen molar-refractivity contribution in [2.24, 2.45) is 11.7 Å². The minimum atomic E-state index is -1.05. The Morgan fingerprint density at radius 3 is 2.52 bits per heavy atom. The summed E-state index contributed by atoms with van der Waals surface area (Å²) in [4.78, 5) is 12.8. The van der Waals surface area contributed by atoms with Crippen molar-refractivity contribution in [3.8, 4) is 0 Å². The number of carbonyl (C=O) groups excluding carboxylic acids is 1. The second-order valence-corrected chi connectivity index (χ2v) is 8.54. The minimum absolute atomic E-state index is 0. The summed E-state index contributed by atoms with van der Waals surface area (Å²) in [5.74, 6) is 1.02. The van der Waals surface area contributed by atoms with Gasteiger partial charge in [-0.15, -0.1) is 12.4 Å². The number of hydrogen-bond acceptors (Lipinski definition) is 3. The van der Waals surface area contributed by atoms with Gasteiger partial charge in [0.25, 0.3) is 0 Å². The Morgan fingerprint density at radius 1 is 1.39 bits per heavy atom. The zero-order valence-electron chi connectivity index (χ0n) is 13.2. The molecule has 130 valence electrons. The number of amides is 1. The van der Waals surface area contributed by atoms with Gasteiger partial charge >= 0.3 is 0 Å². The van der Waals surface area contributed by atoms with Gasteiger partial charge in [-0.1, -0.05) is 15.9 Å². The largest absolute Gasteiger partial charge is 0.349 e. The summed E-state index contributed by atoms with van der Waals surface area (Å²) in [6.07, 6.45) is 3.29. The van der Waals surface area contributed by atoms with Crippen molar-refractivity contribution in [1.82, 2.24) is 5.32 Å². The SMILES string of the molecule is CC(CN)(NC(=O)CCCS(=O)c1ccc(Br)cc1)C1CC1.Cl. The van der Waals surface area contributed by atoms with Crippen LogP contribution in [0.15, 0.2) is 33.6 Å². The fourth-order valence-corrected chi connectivity index (χ4v) is 3.84. The lowest BCUT2D eigenvalue weighted by molar-refractivity contribution is -0.123. The Kier molecular flexibility index (Phi) is 8.21. The van der Waals surface area contributed by atoms with E-state index in [0.717, 1.165) is 22.2 Å². The van der Waals surface area contributed by atoms with Gasteiger partial charge in [-0.3, -0.25) is 9.00 Å². The first-order valence-electron chi connectivity index (χ1n) is 7.59. The molecule has 0 bridgehead atoms. The van der Waals surface area contributed by atoms with E-state index >= 15 is 0 Å². The highest BCUT2D eigenvalue weighted by Gasteiger charge is 2.41.